The Morgan fingerprint density at radius 1 is 0.281 bits per heavy atom. The van der Waals surface area contributed by atoms with Gasteiger partial charge in [0.1, 0.15) is 5.82 Å². The molecule has 10 aromatic rings. The standard InChI is InChI=1S/C55H36N2/c1-4-15-37(16-5-1)38-26-30-42(31-27-38)57(50-25-12-13-36-56-50)43-32-28-39(29-33-43)44-34-35-49-53-45(44)23-14-24-48(53)54-51(40-17-6-2-7-18-40)46-21-10-11-22-47(46)52(55(49)54)41-19-8-3-9-20-41/h1-36H. The third-order valence-corrected chi connectivity index (χ3v) is 11.5. The molecular formula is C55H36N2. The molecule has 1 heterocycles. The minimum absolute atomic E-state index is 0.872. The van der Waals surface area contributed by atoms with Gasteiger partial charge in [-0.25, -0.2) is 4.98 Å². The molecule has 1 aromatic heterocycles. The summed E-state index contributed by atoms with van der Waals surface area (Å²) in [5.41, 5.74) is 17.2. The molecule has 0 aliphatic heterocycles. The van der Waals surface area contributed by atoms with Crippen molar-refractivity contribution in [2.75, 3.05) is 4.90 Å². The predicted octanol–water partition coefficient (Wildman–Crippen LogP) is 15.2. The highest BCUT2D eigenvalue weighted by atomic mass is 15.2. The minimum Gasteiger partial charge on any atom is -0.295 e. The Morgan fingerprint density at radius 3 is 1.30 bits per heavy atom. The number of aromatic nitrogens is 1. The maximum Gasteiger partial charge on any atom is 0.137 e. The van der Waals surface area contributed by atoms with Crippen LogP contribution in [0.15, 0.2) is 219 Å². The quantitative estimate of drug-likeness (QED) is 0.163. The summed E-state index contributed by atoms with van der Waals surface area (Å²) in [7, 11) is 0. The van der Waals surface area contributed by atoms with Gasteiger partial charge in [0.15, 0.2) is 0 Å². The van der Waals surface area contributed by atoms with Gasteiger partial charge >= 0.3 is 0 Å². The van der Waals surface area contributed by atoms with Crippen LogP contribution >= 0.6 is 0 Å². The van der Waals surface area contributed by atoms with Gasteiger partial charge < -0.3 is 0 Å². The van der Waals surface area contributed by atoms with Crippen molar-refractivity contribution in [1.82, 2.24) is 4.98 Å². The van der Waals surface area contributed by atoms with Crippen LogP contribution in [0, 0.1) is 0 Å². The van der Waals surface area contributed by atoms with E-state index >= 15 is 0 Å². The van der Waals surface area contributed by atoms with Gasteiger partial charge in [0.25, 0.3) is 0 Å². The van der Waals surface area contributed by atoms with E-state index in [1.807, 2.05) is 18.3 Å². The summed E-state index contributed by atoms with van der Waals surface area (Å²) in [5.74, 6) is 0.872. The van der Waals surface area contributed by atoms with Crippen molar-refractivity contribution < 1.29 is 0 Å². The smallest absolute Gasteiger partial charge is 0.137 e. The number of benzene rings is 9. The lowest BCUT2D eigenvalue weighted by atomic mass is 9.82. The molecule has 266 valence electrons. The summed E-state index contributed by atoms with van der Waals surface area (Å²) < 4.78 is 0. The van der Waals surface area contributed by atoms with E-state index in [4.69, 9.17) is 4.98 Å². The second-order valence-electron chi connectivity index (χ2n) is 14.6. The Hall–Kier alpha value is -7.55. The Balaban J connectivity index is 1.07. The molecule has 57 heavy (non-hydrogen) atoms. The van der Waals surface area contributed by atoms with Crippen molar-refractivity contribution in [3.63, 3.8) is 0 Å². The Labute approximate surface area is 332 Å². The zero-order valence-corrected chi connectivity index (χ0v) is 31.2. The van der Waals surface area contributed by atoms with E-state index in [0.717, 1.165) is 17.2 Å². The van der Waals surface area contributed by atoms with Crippen LogP contribution in [0.4, 0.5) is 17.2 Å². The van der Waals surface area contributed by atoms with Crippen LogP contribution < -0.4 is 4.90 Å². The SMILES string of the molecule is c1ccc(-c2ccc(N(c3ccc(-c4ccc5c6c(cccc46)-c4c-5c(-c5ccccc5)c5ccccc5c4-c4ccccc4)cc3)c3ccccn3)cc2)cc1. The van der Waals surface area contributed by atoms with E-state index in [1.54, 1.807) is 0 Å². The average Bonchev–Trinajstić information content (AvgIpc) is 3.62. The molecule has 0 unspecified atom stereocenters. The van der Waals surface area contributed by atoms with Crippen molar-refractivity contribution in [2.24, 2.45) is 0 Å². The van der Waals surface area contributed by atoms with Gasteiger partial charge in [-0.05, 0) is 125 Å². The molecule has 0 saturated carbocycles. The second kappa shape index (κ2) is 13.6. The molecule has 0 atom stereocenters. The molecule has 0 amide bonds. The van der Waals surface area contributed by atoms with Crippen molar-refractivity contribution in [3.8, 4) is 66.8 Å². The van der Waals surface area contributed by atoms with E-state index in [1.165, 1.54) is 88.3 Å². The molecule has 2 nitrogen and oxygen atoms in total. The van der Waals surface area contributed by atoms with E-state index in [2.05, 4.69) is 205 Å². The lowest BCUT2D eigenvalue weighted by Crippen LogP contribution is -2.11. The van der Waals surface area contributed by atoms with Crippen LogP contribution in [0.2, 0.25) is 0 Å². The van der Waals surface area contributed by atoms with Gasteiger partial charge in [-0.15, -0.1) is 0 Å². The summed E-state index contributed by atoms with van der Waals surface area (Å²) in [6.07, 6.45) is 1.86. The molecule has 1 aliphatic carbocycles. The fourth-order valence-corrected chi connectivity index (χ4v) is 8.98. The maximum atomic E-state index is 4.78. The molecule has 0 saturated heterocycles. The van der Waals surface area contributed by atoms with Crippen LogP contribution in [0.25, 0.3) is 88.3 Å². The first-order chi connectivity index (χ1) is 28.3. The predicted molar refractivity (Wildman–Crippen MR) is 240 cm³/mol. The highest BCUT2D eigenvalue weighted by Gasteiger charge is 2.31. The number of pyridine rings is 1. The van der Waals surface area contributed by atoms with Crippen molar-refractivity contribution in [2.45, 2.75) is 0 Å². The number of hydrogen-bond donors (Lipinski definition) is 0. The maximum absolute atomic E-state index is 4.78. The zero-order chi connectivity index (χ0) is 37.7. The van der Waals surface area contributed by atoms with Crippen molar-refractivity contribution in [3.05, 3.63) is 219 Å². The van der Waals surface area contributed by atoms with Gasteiger partial charge in [-0.2, -0.15) is 0 Å². The van der Waals surface area contributed by atoms with Crippen molar-refractivity contribution in [1.29, 1.82) is 0 Å². The van der Waals surface area contributed by atoms with Gasteiger partial charge in [-0.1, -0.05) is 176 Å². The number of nitrogens with zero attached hydrogens (tertiary/aromatic N) is 2. The third-order valence-electron chi connectivity index (χ3n) is 11.5. The Bertz CT molecular complexity index is 2970. The second-order valence-corrected chi connectivity index (χ2v) is 14.6. The van der Waals surface area contributed by atoms with Gasteiger partial charge in [0.05, 0.1) is 0 Å². The third kappa shape index (κ3) is 5.45. The van der Waals surface area contributed by atoms with E-state index in [-0.39, 0.29) is 0 Å². The molecule has 0 radical (unpaired) electrons. The Morgan fingerprint density at radius 2 is 0.737 bits per heavy atom. The zero-order valence-electron chi connectivity index (χ0n) is 31.2. The van der Waals surface area contributed by atoms with Crippen LogP contribution in [0.1, 0.15) is 0 Å². The average molecular weight is 725 g/mol. The summed E-state index contributed by atoms with van der Waals surface area (Å²) >= 11 is 0. The monoisotopic (exact) mass is 724 g/mol. The molecule has 0 fully saturated rings. The molecule has 2 heteroatoms. The van der Waals surface area contributed by atoms with Crippen LogP contribution in [0.5, 0.6) is 0 Å². The fraction of sp³-hybridized carbons (Fsp3) is 0. The van der Waals surface area contributed by atoms with Crippen LogP contribution in [0.3, 0.4) is 0 Å². The molecule has 0 N–H and O–H groups in total. The number of rotatable bonds is 7. The lowest BCUT2D eigenvalue weighted by Gasteiger charge is -2.24. The molecule has 1 aliphatic rings. The van der Waals surface area contributed by atoms with Crippen LogP contribution in [-0.4, -0.2) is 4.98 Å². The summed E-state index contributed by atoms with van der Waals surface area (Å²) in [6.45, 7) is 0. The Kier molecular flexibility index (Phi) is 7.86. The normalized spacial score (nSPS) is 11.5. The molecule has 11 rings (SSSR count). The molecule has 0 bridgehead atoms. The van der Waals surface area contributed by atoms with Crippen LogP contribution in [-0.2, 0) is 0 Å². The van der Waals surface area contributed by atoms with Gasteiger partial charge in [0, 0.05) is 17.6 Å². The van der Waals surface area contributed by atoms with E-state index in [9.17, 15) is 0 Å². The molecule has 0 spiro atoms. The molecular weight excluding hydrogens is 689 g/mol. The van der Waals surface area contributed by atoms with E-state index < -0.39 is 0 Å². The molecule has 9 aromatic carbocycles. The van der Waals surface area contributed by atoms with Gasteiger partial charge in [0.2, 0.25) is 0 Å². The highest BCUT2D eigenvalue weighted by Crippen LogP contribution is 2.58. The first-order valence-corrected chi connectivity index (χ1v) is 19.5. The first kappa shape index (κ1) is 32.8. The highest BCUT2D eigenvalue weighted by molar-refractivity contribution is 6.28. The van der Waals surface area contributed by atoms with Crippen molar-refractivity contribution >= 4 is 38.7 Å². The first-order valence-electron chi connectivity index (χ1n) is 19.5. The summed E-state index contributed by atoms with van der Waals surface area (Å²) in [5, 5.41) is 5.12. The fourth-order valence-electron chi connectivity index (χ4n) is 8.98. The number of fused-ring (bicyclic) bond motifs is 4. The topological polar surface area (TPSA) is 16.1 Å². The summed E-state index contributed by atoms with van der Waals surface area (Å²) in [4.78, 5) is 7.01. The minimum atomic E-state index is 0.872. The number of anilines is 3. The largest absolute Gasteiger partial charge is 0.295 e. The number of hydrogen-bond acceptors (Lipinski definition) is 2. The van der Waals surface area contributed by atoms with Gasteiger partial charge in [-0.3, -0.25) is 4.90 Å². The van der Waals surface area contributed by atoms with E-state index in [0.29, 0.717) is 0 Å². The summed E-state index contributed by atoms with van der Waals surface area (Å²) in [6, 6.07) is 76.7. The lowest BCUT2D eigenvalue weighted by molar-refractivity contribution is 1.18.